The molecule has 1 aliphatic heterocycles. The molecule has 1 fully saturated rings. The first kappa shape index (κ1) is 19.9. The minimum Gasteiger partial charge on any atom is -0.405 e. The Labute approximate surface area is 161 Å². The Kier molecular flexibility index (Phi) is 6.91. The van der Waals surface area contributed by atoms with Gasteiger partial charge >= 0.3 is 7.75 Å². The fraction of sp³-hybridized carbons (Fsp3) is 0.400. The Morgan fingerprint density at radius 1 is 0.926 bits per heavy atom. The molecule has 2 aromatic rings. The van der Waals surface area contributed by atoms with E-state index >= 15 is 0 Å². The fourth-order valence-electron chi connectivity index (χ4n) is 2.73. The van der Waals surface area contributed by atoms with E-state index in [0.717, 1.165) is 44.0 Å². The monoisotopic (exact) mass is 390 g/mol. The van der Waals surface area contributed by atoms with Gasteiger partial charge in [-0.1, -0.05) is 35.4 Å². The summed E-state index contributed by atoms with van der Waals surface area (Å²) in [5.74, 6) is 1.02. The predicted octanol–water partition coefficient (Wildman–Crippen LogP) is 3.79. The number of rotatable bonds is 8. The Morgan fingerprint density at radius 3 is 1.89 bits per heavy atom. The minimum absolute atomic E-state index is 0.495. The Bertz CT molecular complexity index is 707. The van der Waals surface area contributed by atoms with Gasteiger partial charge < -0.3 is 13.8 Å². The molecule has 3 rings (SSSR count). The van der Waals surface area contributed by atoms with E-state index in [2.05, 4.69) is 9.99 Å². The lowest BCUT2D eigenvalue weighted by Crippen LogP contribution is -2.40. The van der Waals surface area contributed by atoms with Crippen LogP contribution in [0.2, 0.25) is 0 Å². The first-order valence-corrected chi connectivity index (χ1v) is 10.7. The van der Waals surface area contributed by atoms with Gasteiger partial charge in [-0.25, -0.2) is 4.57 Å². The third-order valence-electron chi connectivity index (χ3n) is 4.33. The van der Waals surface area contributed by atoms with Gasteiger partial charge in [0, 0.05) is 26.2 Å². The summed E-state index contributed by atoms with van der Waals surface area (Å²) < 4.78 is 30.2. The molecule has 27 heavy (non-hydrogen) atoms. The SMILES string of the molecule is Cc1ccc(OP(=O)(NCCN2CCOCC2)Oc2ccc(C)cc2)cc1. The number of nitrogens with zero attached hydrogens (tertiary/aromatic N) is 1. The molecular weight excluding hydrogens is 363 g/mol. The van der Waals surface area contributed by atoms with Crippen LogP contribution in [0.4, 0.5) is 0 Å². The van der Waals surface area contributed by atoms with Gasteiger partial charge in [0.1, 0.15) is 11.5 Å². The van der Waals surface area contributed by atoms with Gasteiger partial charge in [-0.3, -0.25) is 4.90 Å². The highest BCUT2D eigenvalue weighted by atomic mass is 31.2. The first-order chi connectivity index (χ1) is 13.0. The molecule has 1 saturated heterocycles. The molecule has 0 aromatic heterocycles. The smallest absolute Gasteiger partial charge is 0.405 e. The summed E-state index contributed by atoms with van der Waals surface area (Å²) in [6, 6.07) is 14.8. The molecule has 0 aliphatic carbocycles. The highest BCUT2D eigenvalue weighted by Gasteiger charge is 2.28. The van der Waals surface area contributed by atoms with Crippen LogP contribution in [0.1, 0.15) is 11.1 Å². The molecule has 146 valence electrons. The summed E-state index contributed by atoms with van der Waals surface area (Å²) in [5, 5.41) is 3.00. The van der Waals surface area contributed by atoms with Crippen LogP contribution in [-0.2, 0) is 9.30 Å². The zero-order valence-corrected chi connectivity index (χ0v) is 16.8. The lowest BCUT2D eigenvalue weighted by molar-refractivity contribution is 0.0389. The van der Waals surface area contributed by atoms with Crippen LogP contribution in [-0.4, -0.2) is 44.3 Å². The van der Waals surface area contributed by atoms with Gasteiger partial charge in [0.2, 0.25) is 0 Å². The second-order valence-electron chi connectivity index (χ2n) is 6.67. The van der Waals surface area contributed by atoms with Crippen LogP contribution in [0, 0.1) is 13.8 Å². The molecule has 0 atom stereocenters. The second-order valence-corrected chi connectivity index (χ2v) is 8.34. The Morgan fingerprint density at radius 2 is 1.41 bits per heavy atom. The van der Waals surface area contributed by atoms with Crippen molar-refractivity contribution in [1.82, 2.24) is 9.99 Å². The van der Waals surface area contributed by atoms with E-state index < -0.39 is 7.75 Å². The maximum Gasteiger partial charge on any atom is 0.512 e. The van der Waals surface area contributed by atoms with Gasteiger partial charge in [0.15, 0.2) is 0 Å². The topological polar surface area (TPSA) is 60.0 Å². The summed E-state index contributed by atoms with van der Waals surface area (Å²) in [4.78, 5) is 2.26. The number of hydrogen-bond donors (Lipinski definition) is 1. The number of benzene rings is 2. The zero-order valence-electron chi connectivity index (χ0n) is 15.9. The molecular formula is C20H27N2O4P. The van der Waals surface area contributed by atoms with E-state index in [1.54, 1.807) is 24.3 Å². The summed E-state index contributed by atoms with van der Waals surface area (Å²) >= 11 is 0. The number of ether oxygens (including phenoxy) is 1. The summed E-state index contributed by atoms with van der Waals surface area (Å²) in [5.41, 5.74) is 2.22. The Hall–Kier alpha value is -1.85. The summed E-state index contributed by atoms with van der Waals surface area (Å²) in [6.07, 6.45) is 0. The van der Waals surface area contributed by atoms with E-state index in [1.165, 1.54) is 0 Å². The minimum atomic E-state index is -3.57. The van der Waals surface area contributed by atoms with E-state index in [9.17, 15) is 4.57 Å². The van der Waals surface area contributed by atoms with Crippen LogP contribution in [0.3, 0.4) is 0 Å². The van der Waals surface area contributed by atoms with E-state index in [1.807, 2.05) is 38.1 Å². The normalized spacial score (nSPS) is 15.5. The largest absolute Gasteiger partial charge is 0.512 e. The molecule has 0 saturated carbocycles. The molecule has 1 heterocycles. The molecule has 2 aromatic carbocycles. The van der Waals surface area contributed by atoms with Crippen LogP contribution in [0.5, 0.6) is 11.5 Å². The molecule has 0 amide bonds. The van der Waals surface area contributed by atoms with E-state index in [4.69, 9.17) is 13.8 Å². The standard InChI is InChI=1S/C20H27N2O4P/c1-17-3-7-19(8-4-17)25-27(23,26-20-9-5-18(2)6-10-20)21-11-12-22-13-15-24-16-14-22/h3-10H,11-16H2,1-2H3,(H,21,23). The van der Waals surface area contributed by atoms with Crippen molar-refractivity contribution < 1.29 is 18.3 Å². The molecule has 0 bridgehead atoms. The average Bonchev–Trinajstić information content (AvgIpc) is 2.66. The lowest BCUT2D eigenvalue weighted by Gasteiger charge is -2.27. The third kappa shape index (κ3) is 6.36. The zero-order chi connectivity index (χ0) is 19.1. The maximum atomic E-state index is 13.4. The summed E-state index contributed by atoms with van der Waals surface area (Å²) in [6.45, 7) is 8.46. The third-order valence-corrected chi connectivity index (χ3v) is 5.84. The molecule has 0 spiro atoms. The van der Waals surface area contributed by atoms with Crippen molar-refractivity contribution in [2.75, 3.05) is 39.4 Å². The average molecular weight is 390 g/mol. The first-order valence-electron chi connectivity index (χ1n) is 9.20. The van der Waals surface area contributed by atoms with Crippen molar-refractivity contribution in [2.24, 2.45) is 0 Å². The van der Waals surface area contributed by atoms with Crippen molar-refractivity contribution in [2.45, 2.75) is 13.8 Å². The van der Waals surface area contributed by atoms with Gasteiger partial charge in [0.05, 0.1) is 13.2 Å². The molecule has 0 radical (unpaired) electrons. The van der Waals surface area contributed by atoms with Crippen molar-refractivity contribution in [3.8, 4) is 11.5 Å². The molecule has 1 aliphatic rings. The highest BCUT2D eigenvalue weighted by Crippen LogP contribution is 2.44. The number of morpholine rings is 1. The van der Waals surface area contributed by atoms with E-state index in [-0.39, 0.29) is 0 Å². The molecule has 6 nitrogen and oxygen atoms in total. The van der Waals surface area contributed by atoms with E-state index in [0.29, 0.717) is 18.0 Å². The summed E-state index contributed by atoms with van der Waals surface area (Å²) in [7, 11) is -3.57. The number of aryl methyl sites for hydroxylation is 2. The van der Waals surface area contributed by atoms with Gasteiger partial charge in [0.25, 0.3) is 0 Å². The van der Waals surface area contributed by atoms with Crippen LogP contribution < -0.4 is 14.1 Å². The molecule has 1 N–H and O–H groups in total. The Balaban J connectivity index is 1.67. The predicted molar refractivity (Wildman–Crippen MR) is 106 cm³/mol. The van der Waals surface area contributed by atoms with Crippen LogP contribution in [0.15, 0.2) is 48.5 Å². The number of hydrogen-bond acceptors (Lipinski definition) is 5. The van der Waals surface area contributed by atoms with Crippen molar-refractivity contribution in [3.63, 3.8) is 0 Å². The van der Waals surface area contributed by atoms with Gasteiger partial charge in [-0.2, -0.15) is 5.09 Å². The maximum absolute atomic E-state index is 13.4. The van der Waals surface area contributed by atoms with Gasteiger partial charge in [-0.05, 0) is 38.1 Å². The second kappa shape index (κ2) is 9.38. The van der Waals surface area contributed by atoms with Crippen molar-refractivity contribution in [3.05, 3.63) is 59.7 Å². The van der Waals surface area contributed by atoms with Crippen molar-refractivity contribution >= 4 is 7.75 Å². The number of nitrogens with one attached hydrogen (secondary N) is 1. The quantitative estimate of drug-likeness (QED) is 0.692. The van der Waals surface area contributed by atoms with Gasteiger partial charge in [-0.15, -0.1) is 0 Å². The van der Waals surface area contributed by atoms with Crippen LogP contribution >= 0.6 is 7.75 Å². The molecule has 7 heteroatoms. The molecule has 0 unspecified atom stereocenters. The van der Waals surface area contributed by atoms with Crippen molar-refractivity contribution in [1.29, 1.82) is 0 Å². The highest BCUT2D eigenvalue weighted by molar-refractivity contribution is 7.52. The van der Waals surface area contributed by atoms with Crippen LogP contribution in [0.25, 0.3) is 0 Å². The lowest BCUT2D eigenvalue weighted by atomic mass is 10.2. The fourth-order valence-corrected chi connectivity index (χ4v) is 4.07.